The van der Waals surface area contributed by atoms with E-state index in [-0.39, 0.29) is 0 Å². The van der Waals surface area contributed by atoms with E-state index in [0.29, 0.717) is 10.7 Å². The highest BCUT2D eigenvalue weighted by molar-refractivity contribution is 7.14. The van der Waals surface area contributed by atoms with Crippen LogP contribution in [0.1, 0.15) is 5.69 Å². The average molecular weight is 198 g/mol. The van der Waals surface area contributed by atoms with Crippen molar-refractivity contribution in [2.24, 2.45) is 0 Å². The minimum absolute atomic E-state index is 0.629. The molecule has 2 rings (SSSR count). The zero-order chi connectivity index (χ0) is 8.55. The minimum atomic E-state index is 0.629. The van der Waals surface area contributed by atoms with Crippen molar-refractivity contribution >= 4 is 27.9 Å². The fourth-order valence-electron chi connectivity index (χ4n) is 0.809. The van der Waals surface area contributed by atoms with Gasteiger partial charge in [0.2, 0.25) is 0 Å². The zero-order valence-electron chi connectivity index (χ0n) is 6.31. The van der Waals surface area contributed by atoms with E-state index in [1.54, 1.807) is 0 Å². The molecule has 0 fully saturated rings. The van der Waals surface area contributed by atoms with Gasteiger partial charge in [0.05, 0.1) is 0 Å². The summed E-state index contributed by atoms with van der Waals surface area (Å²) in [6.07, 6.45) is 0. The number of thiazole rings is 1. The normalized spacial score (nSPS) is 10.4. The SMILES string of the molecule is Cc1csc(-c2nnsc2N)n1. The summed E-state index contributed by atoms with van der Waals surface area (Å²) in [7, 11) is 0. The van der Waals surface area contributed by atoms with Crippen LogP contribution >= 0.6 is 22.9 Å². The Morgan fingerprint density at radius 1 is 1.50 bits per heavy atom. The van der Waals surface area contributed by atoms with Crippen LogP contribution in [0.15, 0.2) is 5.38 Å². The van der Waals surface area contributed by atoms with Crippen molar-refractivity contribution in [1.29, 1.82) is 0 Å². The fourth-order valence-corrected chi connectivity index (χ4v) is 2.10. The van der Waals surface area contributed by atoms with Crippen molar-refractivity contribution in [2.75, 3.05) is 5.73 Å². The quantitative estimate of drug-likeness (QED) is 0.755. The first kappa shape index (κ1) is 7.63. The van der Waals surface area contributed by atoms with Crippen LogP contribution in [0.3, 0.4) is 0 Å². The Morgan fingerprint density at radius 2 is 2.33 bits per heavy atom. The van der Waals surface area contributed by atoms with Crippen LogP contribution in [0, 0.1) is 6.92 Å². The van der Waals surface area contributed by atoms with Gasteiger partial charge in [-0.2, -0.15) is 0 Å². The average Bonchev–Trinajstić information content (AvgIpc) is 2.58. The van der Waals surface area contributed by atoms with Crippen LogP contribution in [0.2, 0.25) is 0 Å². The standard InChI is InChI=1S/C6H6N4S2/c1-3-2-11-6(8-3)4-5(7)12-10-9-4/h2H,7H2,1H3. The summed E-state index contributed by atoms with van der Waals surface area (Å²) >= 11 is 2.73. The lowest BCUT2D eigenvalue weighted by Gasteiger charge is -1.87. The maximum atomic E-state index is 5.64. The number of rotatable bonds is 1. The lowest BCUT2D eigenvalue weighted by molar-refractivity contribution is 1.15. The summed E-state index contributed by atoms with van der Waals surface area (Å²) in [6, 6.07) is 0. The zero-order valence-corrected chi connectivity index (χ0v) is 7.95. The molecule has 0 saturated heterocycles. The number of nitrogen functional groups attached to an aromatic ring is 1. The summed E-state index contributed by atoms with van der Waals surface area (Å²) in [5, 5.41) is 7.33. The Bertz CT molecular complexity index is 392. The third-order valence-electron chi connectivity index (χ3n) is 1.33. The van der Waals surface area contributed by atoms with Crippen molar-refractivity contribution in [3.8, 4) is 10.7 Å². The predicted molar refractivity (Wildman–Crippen MR) is 50.2 cm³/mol. The first-order chi connectivity index (χ1) is 5.77. The van der Waals surface area contributed by atoms with Crippen LogP contribution in [0.5, 0.6) is 0 Å². The Hall–Kier alpha value is -1.01. The molecule has 0 aromatic carbocycles. The minimum Gasteiger partial charge on any atom is -0.387 e. The van der Waals surface area contributed by atoms with Crippen LogP contribution in [0.25, 0.3) is 10.7 Å². The van der Waals surface area contributed by atoms with Gasteiger partial charge in [-0.1, -0.05) is 4.49 Å². The van der Waals surface area contributed by atoms with E-state index in [1.807, 2.05) is 12.3 Å². The molecule has 2 heterocycles. The predicted octanol–water partition coefficient (Wildman–Crippen LogP) is 1.55. The number of hydrogen-bond acceptors (Lipinski definition) is 6. The van der Waals surface area contributed by atoms with Gasteiger partial charge in [0, 0.05) is 22.6 Å². The highest BCUT2D eigenvalue weighted by Crippen LogP contribution is 2.28. The summed E-state index contributed by atoms with van der Waals surface area (Å²) in [5.74, 6) is 0. The Kier molecular flexibility index (Phi) is 1.78. The molecular weight excluding hydrogens is 192 g/mol. The number of nitrogens with zero attached hydrogens (tertiary/aromatic N) is 3. The molecule has 0 spiro atoms. The Morgan fingerprint density at radius 3 is 2.83 bits per heavy atom. The maximum absolute atomic E-state index is 5.64. The maximum Gasteiger partial charge on any atom is 0.157 e. The number of aromatic nitrogens is 3. The van der Waals surface area contributed by atoms with E-state index in [1.165, 1.54) is 22.9 Å². The Balaban J connectivity index is 2.50. The fraction of sp³-hybridized carbons (Fsp3) is 0.167. The van der Waals surface area contributed by atoms with Gasteiger partial charge < -0.3 is 5.73 Å². The second-order valence-corrected chi connectivity index (χ2v) is 3.92. The molecular formula is C6H6N4S2. The molecule has 4 nitrogen and oxygen atoms in total. The Labute approximate surface area is 77.2 Å². The van der Waals surface area contributed by atoms with Gasteiger partial charge in [0.15, 0.2) is 5.69 Å². The molecule has 0 aliphatic rings. The first-order valence-corrected chi connectivity index (χ1v) is 4.93. The molecule has 0 radical (unpaired) electrons. The third-order valence-corrected chi connectivity index (χ3v) is 2.86. The number of aryl methyl sites for hydroxylation is 1. The van der Waals surface area contributed by atoms with E-state index >= 15 is 0 Å². The summed E-state index contributed by atoms with van der Waals surface area (Å²) in [6.45, 7) is 1.94. The smallest absolute Gasteiger partial charge is 0.157 e. The summed E-state index contributed by atoms with van der Waals surface area (Å²) in [5.41, 5.74) is 7.34. The molecule has 0 bridgehead atoms. The lowest BCUT2D eigenvalue weighted by Crippen LogP contribution is -1.84. The van der Waals surface area contributed by atoms with Crippen molar-refractivity contribution in [3.05, 3.63) is 11.1 Å². The molecule has 0 aliphatic heterocycles. The van der Waals surface area contributed by atoms with E-state index < -0.39 is 0 Å². The molecule has 0 amide bonds. The van der Waals surface area contributed by atoms with Gasteiger partial charge in [0.25, 0.3) is 0 Å². The monoisotopic (exact) mass is 198 g/mol. The highest BCUT2D eigenvalue weighted by Gasteiger charge is 2.09. The second-order valence-electron chi connectivity index (χ2n) is 2.28. The van der Waals surface area contributed by atoms with Gasteiger partial charge in [-0.25, -0.2) is 4.98 Å². The van der Waals surface area contributed by atoms with Crippen molar-refractivity contribution in [2.45, 2.75) is 6.92 Å². The molecule has 0 saturated carbocycles. The van der Waals surface area contributed by atoms with Gasteiger partial charge in [-0.15, -0.1) is 16.4 Å². The van der Waals surface area contributed by atoms with E-state index in [2.05, 4.69) is 14.6 Å². The van der Waals surface area contributed by atoms with Gasteiger partial charge in [-0.3, -0.25) is 0 Å². The van der Waals surface area contributed by atoms with E-state index in [9.17, 15) is 0 Å². The van der Waals surface area contributed by atoms with E-state index in [4.69, 9.17) is 5.73 Å². The van der Waals surface area contributed by atoms with Crippen LogP contribution < -0.4 is 5.73 Å². The molecule has 0 atom stereocenters. The highest BCUT2D eigenvalue weighted by atomic mass is 32.1. The molecule has 12 heavy (non-hydrogen) atoms. The molecule has 0 unspecified atom stereocenters. The van der Waals surface area contributed by atoms with Crippen molar-refractivity contribution in [1.82, 2.24) is 14.6 Å². The molecule has 62 valence electrons. The second kappa shape index (κ2) is 2.80. The van der Waals surface area contributed by atoms with Crippen LogP contribution in [-0.2, 0) is 0 Å². The van der Waals surface area contributed by atoms with Crippen LogP contribution in [-0.4, -0.2) is 14.6 Å². The number of anilines is 1. The van der Waals surface area contributed by atoms with Crippen molar-refractivity contribution in [3.63, 3.8) is 0 Å². The number of hydrogen-bond donors (Lipinski definition) is 1. The topological polar surface area (TPSA) is 64.7 Å². The van der Waals surface area contributed by atoms with Gasteiger partial charge in [-0.05, 0) is 6.92 Å². The molecule has 6 heteroatoms. The summed E-state index contributed by atoms with van der Waals surface area (Å²) < 4.78 is 3.74. The third kappa shape index (κ3) is 1.19. The molecule has 2 N–H and O–H groups in total. The summed E-state index contributed by atoms with van der Waals surface area (Å²) in [4.78, 5) is 4.26. The van der Waals surface area contributed by atoms with Gasteiger partial charge >= 0.3 is 0 Å². The molecule has 2 aromatic rings. The van der Waals surface area contributed by atoms with E-state index in [0.717, 1.165) is 10.7 Å². The first-order valence-electron chi connectivity index (χ1n) is 3.27. The largest absolute Gasteiger partial charge is 0.387 e. The van der Waals surface area contributed by atoms with Crippen LogP contribution in [0.4, 0.5) is 5.00 Å². The van der Waals surface area contributed by atoms with Gasteiger partial charge in [0.1, 0.15) is 10.0 Å². The lowest BCUT2D eigenvalue weighted by atomic mass is 10.5. The number of nitrogens with two attached hydrogens (primary N) is 1. The molecule has 0 aliphatic carbocycles. The van der Waals surface area contributed by atoms with Crippen molar-refractivity contribution < 1.29 is 0 Å². The molecule has 2 aromatic heterocycles.